The number of allylic oxidation sites excluding steroid dienone is 2. The minimum absolute atomic E-state index is 0.200. The van der Waals surface area contributed by atoms with E-state index in [4.69, 9.17) is 9.47 Å². The van der Waals surface area contributed by atoms with Crippen molar-refractivity contribution in [3.63, 3.8) is 0 Å². The van der Waals surface area contributed by atoms with Crippen molar-refractivity contribution in [2.45, 2.75) is 32.6 Å². The van der Waals surface area contributed by atoms with E-state index in [1.54, 1.807) is 26.4 Å². The number of rotatable bonds is 11. The molecule has 1 unspecified atom stereocenters. The van der Waals surface area contributed by atoms with Gasteiger partial charge in [-0.05, 0) is 48.7 Å². The summed E-state index contributed by atoms with van der Waals surface area (Å²) in [5.41, 5.74) is 3.30. The van der Waals surface area contributed by atoms with Crippen molar-refractivity contribution in [1.29, 1.82) is 0 Å². The van der Waals surface area contributed by atoms with Gasteiger partial charge in [0.1, 0.15) is 6.29 Å². The Hall–Kier alpha value is -3.96. The van der Waals surface area contributed by atoms with Crippen LogP contribution in [0.2, 0.25) is 0 Å². The number of likely N-dealkylation sites (N-methyl/N-ethyl adjacent to an activating group) is 1. The Kier molecular flexibility index (Phi) is 17.0. The lowest BCUT2D eigenvalue weighted by Gasteiger charge is -2.17. The molecule has 5 heteroatoms. The van der Waals surface area contributed by atoms with Crippen LogP contribution in [0.25, 0.3) is 12.2 Å². The number of para-hydroxylation sites is 1. The van der Waals surface area contributed by atoms with E-state index in [2.05, 4.69) is 18.3 Å². The average Bonchev–Trinajstić information content (AvgIpc) is 2.96. The van der Waals surface area contributed by atoms with Crippen LogP contribution in [0.1, 0.15) is 49.3 Å². The van der Waals surface area contributed by atoms with Crippen molar-refractivity contribution in [3.05, 3.63) is 108 Å². The zero-order chi connectivity index (χ0) is 28.0. The van der Waals surface area contributed by atoms with Gasteiger partial charge in [0.25, 0.3) is 0 Å². The van der Waals surface area contributed by atoms with E-state index < -0.39 is 0 Å². The molecule has 0 aliphatic rings. The summed E-state index contributed by atoms with van der Waals surface area (Å²) >= 11 is 0. The molecule has 5 nitrogen and oxygen atoms in total. The van der Waals surface area contributed by atoms with E-state index in [1.807, 2.05) is 92.8 Å². The van der Waals surface area contributed by atoms with Crippen molar-refractivity contribution in [2.24, 2.45) is 0 Å². The molecular formula is C33H41NO4. The molecule has 38 heavy (non-hydrogen) atoms. The number of hydrogen-bond donors (Lipinski definition) is 1. The molecule has 1 N–H and O–H groups in total. The molecule has 0 fully saturated rings. The van der Waals surface area contributed by atoms with E-state index in [1.165, 1.54) is 11.6 Å². The minimum Gasteiger partial charge on any atom is -0.493 e. The topological polar surface area (TPSA) is 64.6 Å². The minimum atomic E-state index is 0.200. The van der Waals surface area contributed by atoms with Crippen molar-refractivity contribution in [2.75, 3.05) is 27.8 Å². The summed E-state index contributed by atoms with van der Waals surface area (Å²) < 4.78 is 10.6. The van der Waals surface area contributed by atoms with E-state index in [9.17, 15) is 9.59 Å². The van der Waals surface area contributed by atoms with E-state index >= 15 is 0 Å². The second-order valence-corrected chi connectivity index (χ2v) is 8.41. The second kappa shape index (κ2) is 20.1. The molecule has 202 valence electrons. The fourth-order valence-electron chi connectivity index (χ4n) is 3.51. The van der Waals surface area contributed by atoms with Gasteiger partial charge >= 0.3 is 0 Å². The predicted octanol–water partition coefficient (Wildman–Crippen LogP) is 6.99. The van der Waals surface area contributed by atoms with Crippen LogP contribution in [0.5, 0.6) is 11.5 Å². The number of hydrogen-bond acceptors (Lipinski definition) is 5. The Balaban J connectivity index is 0.000000291. The largest absolute Gasteiger partial charge is 0.493 e. The van der Waals surface area contributed by atoms with Crippen LogP contribution in [0.15, 0.2) is 91.0 Å². The van der Waals surface area contributed by atoms with Crippen LogP contribution in [0.4, 0.5) is 0 Å². The maximum Gasteiger partial charge on any atom is 0.164 e. The highest BCUT2D eigenvalue weighted by atomic mass is 16.5. The molecule has 0 amide bonds. The van der Waals surface area contributed by atoms with Crippen molar-refractivity contribution in [1.82, 2.24) is 5.32 Å². The first kappa shape index (κ1) is 32.1. The van der Waals surface area contributed by atoms with E-state index in [-0.39, 0.29) is 5.78 Å². The molecule has 0 aliphatic carbocycles. The maximum absolute atomic E-state index is 11.1. The Morgan fingerprint density at radius 2 is 1.47 bits per heavy atom. The van der Waals surface area contributed by atoms with Gasteiger partial charge in [-0.15, -0.1) is 0 Å². The van der Waals surface area contributed by atoms with Gasteiger partial charge in [0.15, 0.2) is 17.3 Å². The zero-order valence-electron chi connectivity index (χ0n) is 23.2. The molecule has 1 atom stereocenters. The summed E-state index contributed by atoms with van der Waals surface area (Å²) in [4.78, 5) is 21.0. The molecule has 3 rings (SSSR count). The molecule has 0 radical (unpaired) electrons. The Morgan fingerprint density at radius 3 is 1.97 bits per heavy atom. The van der Waals surface area contributed by atoms with Gasteiger partial charge in [-0.2, -0.15) is 0 Å². The molecule has 0 aromatic heterocycles. The first-order chi connectivity index (χ1) is 18.5. The molecule has 3 aromatic rings. The van der Waals surface area contributed by atoms with E-state index in [0.717, 1.165) is 41.9 Å². The lowest BCUT2D eigenvalue weighted by Crippen LogP contribution is -2.15. The molecule has 0 heterocycles. The van der Waals surface area contributed by atoms with Crippen molar-refractivity contribution >= 4 is 24.2 Å². The molecule has 0 saturated carbocycles. The summed E-state index contributed by atoms with van der Waals surface area (Å²) in [7, 11) is 5.28. The third-order valence-corrected chi connectivity index (χ3v) is 5.40. The van der Waals surface area contributed by atoms with Crippen molar-refractivity contribution < 1.29 is 19.1 Å². The Morgan fingerprint density at radius 1 is 0.868 bits per heavy atom. The summed E-state index contributed by atoms with van der Waals surface area (Å²) in [5, 5.41) is 3.16. The molecule has 3 aromatic carbocycles. The zero-order valence-corrected chi connectivity index (χ0v) is 23.2. The third-order valence-electron chi connectivity index (χ3n) is 5.40. The normalized spacial score (nSPS) is 11.1. The number of benzene rings is 3. The molecular weight excluding hydrogens is 474 g/mol. The van der Waals surface area contributed by atoms with Crippen LogP contribution < -0.4 is 14.8 Å². The highest BCUT2D eigenvalue weighted by Gasteiger charge is 2.14. The van der Waals surface area contributed by atoms with Crippen LogP contribution >= 0.6 is 0 Å². The SMILES string of the molecule is CCCC(=O)/C=C/c1ccccc1.CNCC(C)c1cccc(OC)c1OC.O=C/C=C/c1ccccc1. The fraction of sp³-hybridized carbons (Fsp3) is 0.273. The lowest BCUT2D eigenvalue weighted by atomic mass is 9.99. The number of ketones is 1. The third kappa shape index (κ3) is 12.8. The quantitative estimate of drug-likeness (QED) is 0.220. The number of methoxy groups -OCH3 is 2. The fourth-order valence-corrected chi connectivity index (χ4v) is 3.51. The summed E-state index contributed by atoms with van der Waals surface area (Å²) in [5.74, 6) is 2.23. The summed E-state index contributed by atoms with van der Waals surface area (Å²) in [6.07, 6.45) is 9.09. The van der Waals surface area contributed by atoms with Gasteiger partial charge in [-0.25, -0.2) is 0 Å². The van der Waals surface area contributed by atoms with Gasteiger partial charge in [0, 0.05) is 18.5 Å². The van der Waals surface area contributed by atoms with Crippen LogP contribution in [0.3, 0.4) is 0 Å². The standard InChI is InChI=1S/C12H19NO2.C12H14O.C9H8O/c1-9(8-13-2)10-6-5-7-11(14-3)12(10)15-4;1-2-6-12(13)10-9-11-7-4-3-5-8-11;10-8-4-7-9-5-2-1-3-6-9/h5-7,9,13H,8H2,1-4H3;3-5,7-10H,2,6H2,1H3;1-8H/b;10-9+;7-4+. The van der Waals surface area contributed by atoms with Gasteiger partial charge in [-0.3, -0.25) is 9.59 Å². The highest BCUT2D eigenvalue weighted by molar-refractivity contribution is 5.93. The lowest BCUT2D eigenvalue weighted by molar-refractivity contribution is -0.114. The maximum atomic E-state index is 11.1. The van der Waals surface area contributed by atoms with E-state index in [0.29, 0.717) is 12.3 Å². The number of carbonyl (C=O) groups excluding carboxylic acids is 2. The van der Waals surface area contributed by atoms with Gasteiger partial charge in [0.2, 0.25) is 0 Å². The first-order valence-electron chi connectivity index (χ1n) is 12.8. The number of nitrogens with one attached hydrogen (secondary N) is 1. The van der Waals surface area contributed by atoms with Crippen LogP contribution in [-0.2, 0) is 9.59 Å². The average molecular weight is 516 g/mol. The predicted molar refractivity (Wildman–Crippen MR) is 159 cm³/mol. The first-order valence-corrected chi connectivity index (χ1v) is 12.8. The Labute approximate surface area is 228 Å². The highest BCUT2D eigenvalue weighted by Crippen LogP contribution is 2.34. The monoisotopic (exact) mass is 515 g/mol. The molecule has 0 aliphatic heterocycles. The van der Waals surface area contributed by atoms with Gasteiger partial charge in [0.05, 0.1) is 14.2 Å². The number of ether oxygens (including phenoxy) is 2. The molecule has 0 bridgehead atoms. The van der Waals surface area contributed by atoms with Crippen LogP contribution in [-0.4, -0.2) is 39.9 Å². The smallest absolute Gasteiger partial charge is 0.164 e. The number of aldehydes is 1. The van der Waals surface area contributed by atoms with Crippen LogP contribution in [0, 0.1) is 0 Å². The van der Waals surface area contributed by atoms with Gasteiger partial charge < -0.3 is 14.8 Å². The summed E-state index contributed by atoms with van der Waals surface area (Å²) in [6.45, 7) is 5.09. The molecule has 0 saturated heterocycles. The summed E-state index contributed by atoms with van der Waals surface area (Å²) in [6, 6.07) is 25.5. The number of carbonyl (C=O) groups is 2. The van der Waals surface area contributed by atoms with Crippen molar-refractivity contribution in [3.8, 4) is 11.5 Å². The second-order valence-electron chi connectivity index (χ2n) is 8.41. The molecule has 0 spiro atoms. The van der Waals surface area contributed by atoms with Gasteiger partial charge in [-0.1, -0.05) is 98.8 Å². The Bertz CT molecular complexity index is 1110.